The van der Waals surface area contributed by atoms with Gasteiger partial charge >= 0.3 is 0 Å². The maximum Gasteiger partial charge on any atom is 0.261 e. The summed E-state index contributed by atoms with van der Waals surface area (Å²) in [6.45, 7) is 1.86. The minimum absolute atomic E-state index is 0.128. The van der Waals surface area contributed by atoms with Crippen LogP contribution in [0.4, 0.5) is 11.4 Å². The molecular formula is C23H19BrN2O5S. The van der Waals surface area contributed by atoms with Crippen molar-refractivity contribution in [3.63, 3.8) is 0 Å². The maximum atomic E-state index is 12.8. The van der Waals surface area contributed by atoms with Crippen molar-refractivity contribution in [1.82, 2.24) is 0 Å². The van der Waals surface area contributed by atoms with E-state index < -0.39 is 33.7 Å². The number of carbonyl (C=O) groups excluding carboxylic acids is 2. The first-order valence-electron chi connectivity index (χ1n) is 9.65. The van der Waals surface area contributed by atoms with Crippen molar-refractivity contribution in [3.05, 3.63) is 87.9 Å². The van der Waals surface area contributed by atoms with E-state index in [0.717, 1.165) is 10.0 Å². The Morgan fingerprint density at radius 2 is 1.72 bits per heavy atom. The summed E-state index contributed by atoms with van der Waals surface area (Å²) in [7, 11) is -3.77. The first-order valence-corrected chi connectivity index (χ1v) is 11.9. The lowest BCUT2D eigenvalue weighted by Crippen LogP contribution is -2.36. The zero-order valence-corrected chi connectivity index (χ0v) is 19.3. The monoisotopic (exact) mass is 514 g/mol. The number of carbonyl (C=O) groups is 2. The fourth-order valence-electron chi connectivity index (χ4n) is 3.49. The smallest absolute Gasteiger partial charge is 0.261 e. The number of benzene rings is 3. The quantitative estimate of drug-likeness (QED) is 0.430. The van der Waals surface area contributed by atoms with E-state index >= 15 is 0 Å². The highest BCUT2D eigenvalue weighted by molar-refractivity contribution is 9.10. The molecule has 3 aromatic rings. The number of halogens is 1. The summed E-state index contributed by atoms with van der Waals surface area (Å²) >= 11 is 3.31. The van der Waals surface area contributed by atoms with Crippen molar-refractivity contribution in [1.29, 1.82) is 0 Å². The van der Waals surface area contributed by atoms with Gasteiger partial charge in [-0.1, -0.05) is 39.7 Å². The van der Waals surface area contributed by atoms with Crippen LogP contribution in [0.1, 0.15) is 27.9 Å². The molecule has 32 heavy (non-hydrogen) atoms. The number of fused-ring (bicyclic) bond motifs is 1. The number of Topliss-reactive ketones (excluding diaryl/α,β-unsaturated/α-hetero) is 1. The van der Waals surface area contributed by atoms with Gasteiger partial charge in [0.1, 0.15) is 0 Å². The molecule has 0 unspecified atom stereocenters. The van der Waals surface area contributed by atoms with Gasteiger partial charge in [0.2, 0.25) is 0 Å². The summed E-state index contributed by atoms with van der Waals surface area (Å²) < 4.78 is 28.2. The molecule has 0 saturated carbocycles. The minimum atomic E-state index is -3.77. The third-order valence-electron chi connectivity index (χ3n) is 5.26. The summed E-state index contributed by atoms with van der Waals surface area (Å²) in [6, 6.07) is 17.2. The highest BCUT2D eigenvalue weighted by atomic mass is 79.9. The summed E-state index contributed by atoms with van der Waals surface area (Å²) in [6.07, 6.45) is -0.443. The van der Waals surface area contributed by atoms with Crippen LogP contribution in [-0.2, 0) is 20.4 Å². The van der Waals surface area contributed by atoms with E-state index in [4.69, 9.17) is 0 Å². The Kier molecular flexibility index (Phi) is 5.66. The summed E-state index contributed by atoms with van der Waals surface area (Å²) in [5.74, 6) is -1.12. The van der Waals surface area contributed by atoms with Gasteiger partial charge in [0, 0.05) is 27.0 Å². The molecule has 0 aromatic heterocycles. The van der Waals surface area contributed by atoms with Gasteiger partial charge in [-0.05, 0) is 55.5 Å². The first kappa shape index (κ1) is 22.2. The van der Waals surface area contributed by atoms with Gasteiger partial charge in [-0.3, -0.25) is 14.3 Å². The summed E-state index contributed by atoms with van der Waals surface area (Å²) in [4.78, 5) is 25.3. The van der Waals surface area contributed by atoms with Crippen molar-refractivity contribution in [2.45, 2.75) is 23.8 Å². The molecule has 7 nitrogen and oxygen atoms in total. The lowest BCUT2D eigenvalue weighted by Gasteiger charge is -2.20. The predicted molar refractivity (Wildman–Crippen MR) is 124 cm³/mol. The highest BCUT2D eigenvalue weighted by Crippen LogP contribution is 2.40. The molecule has 3 N–H and O–H groups in total. The van der Waals surface area contributed by atoms with Crippen molar-refractivity contribution in [2.75, 3.05) is 10.0 Å². The second kappa shape index (κ2) is 8.16. The maximum absolute atomic E-state index is 12.8. The standard InChI is InChI=1S/C23H19BrN2O5S/c1-14-2-9-18(10-3-14)32(30,31)26-17-7-4-15(5-8-17)21(27)13-23(29)19-11-6-16(24)12-20(19)25-22(23)28/h2-12,26,29H,13H2,1H3,(H,25,28)/t23-/m0/s1. The topological polar surface area (TPSA) is 113 Å². The van der Waals surface area contributed by atoms with Gasteiger partial charge < -0.3 is 10.4 Å². The Morgan fingerprint density at radius 3 is 2.38 bits per heavy atom. The number of sulfonamides is 1. The molecule has 0 fully saturated rings. The van der Waals surface area contributed by atoms with Crippen LogP contribution in [0.15, 0.2) is 76.1 Å². The summed E-state index contributed by atoms with van der Waals surface area (Å²) in [5, 5.41) is 13.5. The molecule has 4 rings (SSSR count). The Labute approximate surface area is 193 Å². The highest BCUT2D eigenvalue weighted by Gasteiger charge is 2.46. The number of aryl methyl sites for hydroxylation is 1. The molecule has 0 radical (unpaired) electrons. The Bertz CT molecular complexity index is 1320. The van der Waals surface area contributed by atoms with Crippen LogP contribution in [0.5, 0.6) is 0 Å². The van der Waals surface area contributed by atoms with Crippen molar-refractivity contribution < 1.29 is 23.1 Å². The number of aliphatic hydroxyl groups is 1. The molecule has 0 spiro atoms. The van der Waals surface area contributed by atoms with Crippen LogP contribution < -0.4 is 10.0 Å². The average molecular weight is 515 g/mol. The van der Waals surface area contributed by atoms with E-state index in [1.54, 1.807) is 30.3 Å². The van der Waals surface area contributed by atoms with Gasteiger partial charge in [-0.25, -0.2) is 8.42 Å². The molecule has 0 bridgehead atoms. The first-order chi connectivity index (χ1) is 15.1. The molecule has 3 aromatic carbocycles. The number of anilines is 2. The van der Waals surface area contributed by atoms with Gasteiger partial charge in [0.05, 0.1) is 11.3 Å². The minimum Gasteiger partial charge on any atom is -0.375 e. The number of hydrogen-bond donors (Lipinski definition) is 3. The normalized spacial score (nSPS) is 17.5. The molecule has 1 aliphatic heterocycles. The lowest BCUT2D eigenvalue weighted by atomic mass is 9.88. The lowest BCUT2D eigenvalue weighted by molar-refractivity contribution is -0.133. The number of ketones is 1. The van der Waals surface area contributed by atoms with Crippen molar-refractivity contribution in [2.24, 2.45) is 0 Å². The predicted octanol–water partition coefficient (Wildman–Crippen LogP) is 3.97. The van der Waals surface area contributed by atoms with E-state index in [1.807, 2.05) is 6.92 Å². The molecule has 1 heterocycles. The molecule has 1 atom stereocenters. The zero-order valence-electron chi connectivity index (χ0n) is 16.9. The molecule has 1 aliphatic rings. The van der Waals surface area contributed by atoms with Gasteiger partial charge in [-0.15, -0.1) is 0 Å². The van der Waals surface area contributed by atoms with Crippen LogP contribution in [-0.4, -0.2) is 25.2 Å². The van der Waals surface area contributed by atoms with E-state index in [2.05, 4.69) is 26.0 Å². The van der Waals surface area contributed by atoms with E-state index in [-0.39, 0.29) is 16.1 Å². The fourth-order valence-corrected chi connectivity index (χ4v) is 4.91. The molecule has 1 amide bonds. The fraction of sp³-hybridized carbons (Fsp3) is 0.130. The summed E-state index contributed by atoms with van der Waals surface area (Å²) in [5.41, 5.74) is 0.283. The third kappa shape index (κ3) is 4.19. The third-order valence-corrected chi connectivity index (χ3v) is 7.15. The average Bonchev–Trinajstić information content (AvgIpc) is 2.97. The Balaban J connectivity index is 1.51. The molecular weight excluding hydrogens is 496 g/mol. The second-order valence-electron chi connectivity index (χ2n) is 7.60. The van der Waals surface area contributed by atoms with Gasteiger partial charge in [0.15, 0.2) is 11.4 Å². The SMILES string of the molecule is Cc1ccc(S(=O)(=O)Nc2ccc(C(=O)C[C@@]3(O)C(=O)Nc4cc(Br)ccc43)cc2)cc1. The van der Waals surface area contributed by atoms with E-state index in [1.165, 1.54) is 36.4 Å². The molecule has 9 heteroatoms. The zero-order chi connectivity index (χ0) is 23.1. The van der Waals surface area contributed by atoms with Crippen molar-refractivity contribution in [3.8, 4) is 0 Å². The molecule has 0 aliphatic carbocycles. The van der Waals surface area contributed by atoms with Crippen LogP contribution in [0.2, 0.25) is 0 Å². The van der Waals surface area contributed by atoms with Gasteiger partial charge in [-0.2, -0.15) is 0 Å². The van der Waals surface area contributed by atoms with Crippen LogP contribution in [0.3, 0.4) is 0 Å². The second-order valence-corrected chi connectivity index (χ2v) is 10.2. The number of amides is 1. The Morgan fingerprint density at radius 1 is 1.06 bits per heavy atom. The van der Waals surface area contributed by atoms with Crippen molar-refractivity contribution >= 4 is 49.0 Å². The number of hydrogen-bond acceptors (Lipinski definition) is 5. The van der Waals surface area contributed by atoms with E-state index in [0.29, 0.717) is 11.3 Å². The Hall–Kier alpha value is -3.01. The molecule has 0 saturated heterocycles. The van der Waals surface area contributed by atoms with Gasteiger partial charge in [0.25, 0.3) is 15.9 Å². The largest absolute Gasteiger partial charge is 0.375 e. The number of nitrogens with one attached hydrogen (secondary N) is 2. The van der Waals surface area contributed by atoms with Crippen LogP contribution >= 0.6 is 15.9 Å². The van der Waals surface area contributed by atoms with E-state index in [9.17, 15) is 23.1 Å². The van der Waals surface area contributed by atoms with Crippen LogP contribution in [0, 0.1) is 6.92 Å². The van der Waals surface area contributed by atoms with Crippen LogP contribution in [0.25, 0.3) is 0 Å². The molecule has 164 valence electrons. The number of rotatable bonds is 6.